The molecule has 1 amide bonds. The molecule has 3 heterocycles. The van der Waals surface area contributed by atoms with E-state index >= 15 is 0 Å². The molecule has 1 saturated heterocycles. The van der Waals surface area contributed by atoms with Gasteiger partial charge in [0.15, 0.2) is 11.5 Å². The molecule has 1 aliphatic rings. The summed E-state index contributed by atoms with van der Waals surface area (Å²) in [5.74, 6) is 0.756. The molecule has 1 N–H and O–H groups in total. The lowest BCUT2D eigenvalue weighted by Crippen LogP contribution is -2.46. The molecular formula is C26H28N6O. The third kappa shape index (κ3) is 4.79. The zero-order chi connectivity index (χ0) is 22.6. The van der Waals surface area contributed by atoms with Crippen LogP contribution in [0.15, 0.2) is 79.0 Å². The first-order valence-corrected chi connectivity index (χ1v) is 11.3. The number of pyridine rings is 1. The SMILES string of the molecule is CN1CCN(Cc2ccccc2)C[C@@H]1c1nnc2ccc(C(=O)NCc3ccccc3)cn12. The van der Waals surface area contributed by atoms with Crippen LogP contribution in [-0.4, -0.2) is 57.0 Å². The summed E-state index contributed by atoms with van der Waals surface area (Å²) in [4.78, 5) is 17.6. The Kier molecular flexibility index (Phi) is 6.15. The zero-order valence-electron chi connectivity index (χ0n) is 18.8. The first-order valence-electron chi connectivity index (χ1n) is 11.3. The fourth-order valence-corrected chi connectivity index (χ4v) is 4.34. The van der Waals surface area contributed by atoms with Gasteiger partial charge in [0.1, 0.15) is 0 Å². The maximum Gasteiger partial charge on any atom is 0.253 e. The largest absolute Gasteiger partial charge is 0.348 e. The van der Waals surface area contributed by atoms with Gasteiger partial charge in [-0.3, -0.25) is 19.0 Å². The van der Waals surface area contributed by atoms with Crippen molar-refractivity contribution in [2.75, 3.05) is 26.7 Å². The molecule has 2 aromatic carbocycles. The highest BCUT2D eigenvalue weighted by atomic mass is 16.1. The molecule has 1 fully saturated rings. The predicted molar refractivity (Wildman–Crippen MR) is 128 cm³/mol. The first kappa shape index (κ1) is 21.3. The van der Waals surface area contributed by atoms with Gasteiger partial charge in [-0.15, -0.1) is 10.2 Å². The number of benzene rings is 2. The molecule has 1 aliphatic heterocycles. The molecule has 0 unspecified atom stereocenters. The van der Waals surface area contributed by atoms with Crippen molar-refractivity contribution in [2.45, 2.75) is 19.1 Å². The molecule has 0 bridgehead atoms. The van der Waals surface area contributed by atoms with Crippen molar-refractivity contribution < 1.29 is 4.79 Å². The van der Waals surface area contributed by atoms with Crippen LogP contribution in [0.4, 0.5) is 0 Å². The molecule has 33 heavy (non-hydrogen) atoms. The quantitative estimate of drug-likeness (QED) is 0.499. The lowest BCUT2D eigenvalue weighted by molar-refractivity contribution is 0.0852. The standard InChI is InChI=1S/C26H28N6O/c1-30-14-15-31(17-21-10-6-3-7-11-21)19-23(30)25-29-28-24-13-12-22(18-32(24)25)26(33)27-16-20-8-4-2-5-9-20/h2-13,18,23H,14-17,19H2,1H3,(H,27,33)/t23-/m1/s1. The lowest BCUT2D eigenvalue weighted by atomic mass is 10.1. The number of amides is 1. The number of nitrogens with one attached hydrogen (secondary N) is 1. The van der Waals surface area contributed by atoms with Gasteiger partial charge >= 0.3 is 0 Å². The van der Waals surface area contributed by atoms with Crippen LogP contribution in [-0.2, 0) is 13.1 Å². The van der Waals surface area contributed by atoms with E-state index in [4.69, 9.17) is 0 Å². The topological polar surface area (TPSA) is 65.8 Å². The Labute approximate surface area is 193 Å². The van der Waals surface area contributed by atoms with Crippen molar-refractivity contribution in [2.24, 2.45) is 0 Å². The minimum absolute atomic E-state index is 0.0973. The Morgan fingerprint density at radius 2 is 1.67 bits per heavy atom. The molecule has 0 radical (unpaired) electrons. The Morgan fingerprint density at radius 3 is 2.42 bits per heavy atom. The van der Waals surface area contributed by atoms with Crippen LogP contribution in [0.3, 0.4) is 0 Å². The minimum Gasteiger partial charge on any atom is -0.348 e. The van der Waals surface area contributed by atoms with Gasteiger partial charge in [0.25, 0.3) is 5.91 Å². The van der Waals surface area contributed by atoms with Crippen molar-refractivity contribution in [3.63, 3.8) is 0 Å². The van der Waals surface area contributed by atoms with Gasteiger partial charge in [0.2, 0.25) is 0 Å². The van der Waals surface area contributed by atoms with E-state index in [1.54, 1.807) is 6.07 Å². The van der Waals surface area contributed by atoms with Gasteiger partial charge in [-0.25, -0.2) is 0 Å². The highest BCUT2D eigenvalue weighted by Gasteiger charge is 2.29. The van der Waals surface area contributed by atoms with Gasteiger partial charge < -0.3 is 5.32 Å². The molecule has 0 aliphatic carbocycles. The third-order valence-corrected chi connectivity index (χ3v) is 6.27. The number of hydrogen-bond acceptors (Lipinski definition) is 5. The molecule has 5 rings (SSSR count). The monoisotopic (exact) mass is 440 g/mol. The van der Waals surface area contributed by atoms with Gasteiger partial charge in [0.05, 0.1) is 11.6 Å². The van der Waals surface area contributed by atoms with E-state index in [1.165, 1.54) is 5.56 Å². The van der Waals surface area contributed by atoms with Crippen LogP contribution in [0.5, 0.6) is 0 Å². The Bertz CT molecular complexity index is 1220. The summed E-state index contributed by atoms with van der Waals surface area (Å²) in [6.45, 7) is 4.22. The third-order valence-electron chi connectivity index (χ3n) is 6.27. The van der Waals surface area contributed by atoms with Gasteiger partial charge in [0, 0.05) is 38.9 Å². The van der Waals surface area contributed by atoms with Crippen LogP contribution in [0.2, 0.25) is 0 Å². The smallest absolute Gasteiger partial charge is 0.253 e. The number of hydrogen-bond donors (Lipinski definition) is 1. The summed E-state index contributed by atoms with van der Waals surface area (Å²) < 4.78 is 1.96. The minimum atomic E-state index is -0.108. The Balaban J connectivity index is 1.34. The molecular weight excluding hydrogens is 412 g/mol. The fraction of sp³-hybridized carbons (Fsp3) is 0.269. The number of piperazine rings is 1. The highest BCUT2D eigenvalue weighted by Crippen LogP contribution is 2.24. The van der Waals surface area contributed by atoms with Crippen LogP contribution < -0.4 is 5.32 Å². The number of fused-ring (bicyclic) bond motifs is 1. The van der Waals surface area contributed by atoms with Crippen molar-refractivity contribution in [1.29, 1.82) is 0 Å². The maximum atomic E-state index is 12.8. The van der Waals surface area contributed by atoms with Crippen LogP contribution >= 0.6 is 0 Å². The maximum absolute atomic E-state index is 12.8. The zero-order valence-corrected chi connectivity index (χ0v) is 18.8. The molecule has 0 saturated carbocycles. The second-order valence-corrected chi connectivity index (χ2v) is 8.59. The molecule has 7 nitrogen and oxygen atoms in total. The second-order valence-electron chi connectivity index (χ2n) is 8.59. The van der Waals surface area contributed by atoms with E-state index in [0.717, 1.165) is 43.2 Å². The van der Waals surface area contributed by atoms with Crippen molar-refractivity contribution in [3.05, 3.63) is 102 Å². The van der Waals surface area contributed by atoms with Crippen molar-refractivity contribution >= 4 is 11.6 Å². The molecule has 1 atom stereocenters. The summed E-state index contributed by atoms with van der Waals surface area (Å²) in [5.41, 5.74) is 3.72. The summed E-state index contributed by atoms with van der Waals surface area (Å²) >= 11 is 0. The average Bonchev–Trinajstić information content (AvgIpc) is 3.28. The summed E-state index contributed by atoms with van der Waals surface area (Å²) in [5, 5.41) is 11.9. The number of aromatic nitrogens is 3. The van der Waals surface area contributed by atoms with Gasteiger partial charge in [-0.1, -0.05) is 60.7 Å². The molecule has 4 aromatic rings. The number of rotatable bonds is 6. The summed E-state index contributed by atoms with van der Waals surface area (Å²) in [6, 6.07) is 24.2. The fourth-order valence-electron chi connectivity index (χ4n) is 4.34. The van der Waals surface area contributed by atoms with Gasteiger partial charge in [-0.2, -0.15) is 0 Å². The van der Waals surface area contributed by atoms with E-state index in [1.807, 2.05) is 53.1 Å². The normalized spacial score (nSPS) is 17.3. The van der Waals surface area contributed by atoms with Crippen molar-refractivity contribution in [3.8, 4) is 0 Å². The van der Waals surface area contributed by atoms with Crippen LogP contribution in [0.1, 0.15) is 33.4 Å². The summed E-state index contributed by atoms with van der Waals surface area (Å²) in [6.07, 6.45) is 1.86. The molecule has 0 spiro atoms. The first-order chi connectivity index (χ1) is 16.2. The summed E-state index contributed by atoms with van der Waals surface area (Å²) in [7, 11) is 2.13. The Hall–Kier alpha value is -3.55. The average molecular weight is 441 g/mol. The predicted octanol–water partition coefficient (Wildman–Crippen LogP) is 3.15. The number of carbonyl (C=O) groups excluding carboxylic acids is 1. The molecule has 2 aromatic heterocycles. The second kappa shape index (κ2) is 9.52. The van der Waals surface area contributed by atoms with Gasteiger partial charge in [-0.05, 0) is 30.3 Å². The lowest BCUT2D eigenvalue weighted by Gasteiger charge is -2.38. The van der Waals surface area contributed by atoms with Crippen molar-refractivity contribution in [1.82, 2.24) is 29.7 Å². The number of carbonyl (C=O) groups is 1. The van der Waals surface area contributed by atoms with E-state index < -0.39 is 0 Å². The highest BCUT2D eigenvalue weighted by molar-refractivity contribution is 5.94. The Morgan fingerprint density at radius 1 is 0.939 bits per heavy atom. The molecule has 7 heteroatoms. The van der Waals surface area contributed by atoms with E-state index in [2.05, 4.69) is 56.6 Å². The van der Waals surface area contributed by atoms with E-state index in [9.17, 15) is 4.79 Å². The van der Waals surface area contributed by atoms with Crippen LogP contribution in [0, 0.1) is 0 Å². The number of nitrogens with zero attached hydrogens (tertiary/aromatic N) is 5. The van der Waals surface area contributed by atoms with E-state index in [0.29, 0.717) is 12.1 Å². The number of likely N-dealkylation sites (N-methyl/N-ethyl adjacent to an activating group) is 1. The van der Waals surface area contributed by atoms with Crippen LogP contribution in [0.25, 0.3) is 5.65 Å². The molecule has 168 valence electrons. The van der Waals surface area contributed by atoms with E-state index in [-0.39, 0.29) is 11.9 Å².